The Morgan fingerprint density at radius 2 is 2.00 bits per heavy atom. The van der Waals surface area contributed by atoms with E-state index in [4.69, 9.17) is 4.84 Å². The van der Waals surface area contributed by atoms with Gasteiger partial charge in [-0.25, -0.2) is 0 Å². The van der Waals surface area contributed by atoms with E-state index in [1.54, 1.807) is 0 Å². The summed E-state index contributed by atoms with van der Waals surface area (Å²) < 4.78 is 2.12. The second-order valence-corrected chi connectivity index (χ2v) is 4.63. The van der Waals surface area contributed by atoms with Crippen LogP contribution in [0.4, 0.5) is 0 Å². The second kappa shape index (κ2) is 4.69. The molecule has 0 amide bonds. The maximum Gasteiger partial charge on any atom is 0.199 e. The smallest absolute Gasteiger partial charge is 0.199 e. The van der Waals surface area contributed by atoms with Crippen LogP contribution in [0, 0.1) is 0 Å². The van der Waals surface area contributed by atoms with Crippen LogP contribution in [0.25, 0.3) is 0 Å². The molecular formula is C12H21N2O+. The molecule has 84 valence electrons. The lowest BCUT2D eigenvalue weighted by molar-refractivity contribution is -0.816. The Kier molecular flexibility index (Phi) is 3.29. The molecule has 3 heteroatoms. The summed E-state index contributed by atoms with van der Waals surface area (Å²) >= 11 is 0. The van der Waals surface area contributed by atoms with Crippen molar-refractivity contribution in [3.8, 4) is 0 Å². The van der Waals surface area contributed by atoms with Crippen molar-refractivity contribution >= 4 is 0 Å². The third-order valence-electron chi connectivity index (χ3n) is 3.02. The summed E-state index contributed by atoms with van der Waals surface area (Å²) in [5, 5.41) is 0. The van der Waals surface area contributed by atoms with E-state index in [9.17, 15) is 0 Å². The molecule has 0 N–H and O–H groups in total. The number of rotatable bonds is 3. The van der Waals surface area contributed by atoms with Crippen molar-refractivity contribution in [3.05, 3.63) is 18.5 Å². The first kappa shape index (κ1) is 10.5. The van der Waals surface area contributed by atoms with E-state index in [0.717, 1.165) is 0 Å². The fourth-order valence-electron chi connectivity index (χ4n) is 2.16. The standard InChI is InChI=1S/C12H21N2O/c1-11(2)13-9-6-10-14(13)15-12-7-4-3-5-8-12/h6,9-12H,3-5,7-8H2,1-2H3/q+1. The van der Waals surface area contributed by atoms with Crippen LogP contribution in [-0.4, -0.2) is 10.9 Å². The fourth-order valence-corrected chi connectivity index (χ4v) is 2.16. The second-order valence-electron chi connectivity index (χ2n) is 4.63. The summed E-state index contributed by atoms with van der Waals surface area (Å²) in [7, 11) is 0. The quantitative estimate of drug-likeness (QED) is 0.697. The van der Waals surface area contributed by atoms with Gasteiger partial charge in [-0.15, -0.1) is 0 Å². The lowest BCUT2D eigenvalue weighted by Gasteiger charge is -2.21. The topological polar surface area (TPSA) is 18.0 Å². The maximum absolute atomic E-state index is 5.97. The Balaban J connectivity index is 1.99. The van der Waals surface area contributed by atoms with Gasteiger partial charge in [0.25, 0.3) is 0 Å². The first-order valence-electron chi connectivity index (χ1n) is 6.03. The van der Waals surface area contributed by atoms with E-state index >= 15 is 0 Å². The van der Waals surface area contributed by atoms with Crippen LogP contribution in [0.1, 0.15) is 52.0 Å². The van der Waals surface area contributed by atoms with Crippen molar-refractivity contribution < 1.29 is 9.52 Å². The monoisotopic (exact) mass is 209 g/mol. The molecule has 0 saturated heterocycles. The SMILES string of the molecule is CC(C)[n+]1cccn1OC1CCCCC1. The molecule has 0 atom stereocenters. The number of aromatic nitrogens is 2. The third-order valence-corrected chi connectivity index (χ3v) is 3.02. The summed E-state index contributed by atoms with van der Waals surface area (Å²) in [5.74, 6) is 0. The Morgan fingerprint density at radius 3 is 2.67 bits per heavy atom. The minimum Gasteiger partial charge on any atom is -0.365 e. The van der Waals surface area contributed by atoms with Gasteiger partial charge in [-0.2, -0.15) is 0 Å². The van der Waals surface area contributed by atoms with Gasteiger partial charge in [0.2, 0.25) is 0 Å². The molecule has 1 heterocycles. The highest BCUT2D eigenvalue weighted by Crippen LogP contribution is 2.18. The van der Waals surface area contributed by atoms with Crippen molar-refractivity contribution in [3.63, 3.8) is 0 Å². The van der Waals surface area contributed by atoms with Gasteiger partial charge in [-0.3, -0.25) is 0 Å². The zero-order valence-electron chi connectivity index (χ0n) is 9.72. The van der Waals surface area contributed by atoms with Gasteiger partial charge in [-0.05, 0) is 39.5 Å². The van der Waals surface area contributed by atoms with E-state index in [0.29, 0.717) is 12.1 Å². The lowest BCUT2D eigenvalue weighted by atomic mass is 9.98. The van der Waals surface area contributed by atoms with E-state index in [-0.39, 0.29) is 0 Å². The third kappa shape index (κ3) is 2.52. The highest BCUT2D eigenvalue weighted by atomic mass is 16.7. The summed E-state index contributed by atoms with van der Waals surface area (Å²) in [6.45, 7) is 4.33. The van der Waals surface area contributed by atoms with Crippen LogP contribution >= 0.6 is 0 Å². The number of hydrogen-bond acceptors (Lipinski definition) is 1. The summed E-state index contributed by atoms with van der Waals surface area (Å²) in [6, 6.07) is 2.48. The largest absolute Gasteiger partial charge is 0.365 e. The van der Waals surface area contributed by atoms with Crippen LogP contribution in [-0.2, 0) is 0 Å². The zero-order chi connectivity index (χ0) is 10.7. The Labute approximate surface area is 91.6 Å². The van der Waals surface area contributed by atoms with Gasteiger partial charge in [-0.1, -0.05) is 11.1 Å². The normalized spacial score (nSPS) is 18.3. The predicted molar refractivity (Wildman–Crippen MR) is 58.5 cm³/mol. The van der Waals surface area contributed by atoms with Crippen LogP contribution in [0.2, 0.25) is 0 Å². The summed E-state index contributed by atoms with van der Waals surface area (Å²) in [6.07, 6.45) is 10.9. The molecule has 3 nitrogen and oxygen atoms in total. The highest BCUT2D eigenvalue weighted by Gasteiger charge is 2.19. The van der Waals surface area contributed by atoms with E-state index in [1.165, 1.54) is 32.1 Å². The van der Waals surface area contributed by atoms with Crippen LogP contribution in [0.15, 0.2) is 18.5 Å². The van der Waals surface area contributed by atoms with E-state index < -0.39 is 0 Å². The molecule has 1 aliphatic rings. The van der Waals surface area contributed by atoms with Crippen molar-refractivity contribution in [2.24, 2.45) is 0 Å². The van der Waals surface area contributed by atoms with Gasteiger partial charge in [0.15, 0.2) is 12.2 Å². The van der Waals surface area contributed by atoms with Gasteiger partial charge >= 0.3 is 0 Å². The average Bonchev–Trinajstić information content (AvgIpc) is 2.67. The minimum atomic E-state index is 0.413. The van der Waals surface area contributed by atoms with Crippen molar-refractivity contribution in [2.45, 2.75) is 58.1 Å². The molecule has 0 aromatic carbocycles. The van der Waals surface area contributed by atoms with Crippen molar-refractivity contribution in [2.75, 3.05) is 0 Å². The predicted octanol–water partition coefficient (Wildman–Crippen LogP) is 2.12. The molecule has 1 aromatic heterocycles. The molecule has 0 unspecified atom stereocenters. The zero-order valence-corrected chi connectivity index (χ0v) is 9.72. The van der Waals surface area contributed by atoms with E-state index in [1.807, 2.05) is 17.1 Å². The van der Waals surface area contributed by atoms with E-state index in [2.05, 4.69) is 24.7 Å². The molecule has 1 aromatic rings. The molecule has 1 saturated carbocycles. The molecule has 2 rings (SSSR count). The van der Waals surface area contributed by atoms with Crippen LogP contribution in [0.3, 0.4) is 0 Å². The molecule has 1 aliphatic carbocycles. The first-order valence-corrected chi connectivity index (χ1v) is 6.03. The van der Waals surface area contributed by atoms with Gasteiger partial charge in [0.05, 0.1) is 0 Å². The average molecular weight is 209 g/mol. The van der Waals surface area contributed by atoms with Crippen LogP contribution in [0.5, 0.6) is 0 Å². The number of nitrogens with zero attached hydrogens (tertiary/aromatic N) is 2. The van der Waals surface area contributed by atoms with Gasteiger partial charge < -0.3 is 4.84 Å². The Hall–Kier alpha value is -0.990. The fraction of sp³-hybridized carbons (Fsp3) is 0.750. The van der Waals surface area contributed by atoms with Gasteiger partial charge in [0, 0.05) is 10.9 Å². The molecule has 0 aliphatic heterocycles. The van der Waals surface area contributed by atoms with Gasteiger partial charge in [0.1, 0.15) is 12.3 Å². The highest BCUT2D eigenvalue weighted by molar-refractivity contribution is 4.71. The van der Waals surface area contributed by atoms with Crippen molar-refractivity contribution in [1.29, 1.82) is 0 Å². The van der Waals surface area contributed by atoms with Crippen molar-refractivity contribution in [1.82, 2.24) is 4.85 Å². The molecule has 1 fully saturated rings. The number of hydrogen-bond donors (Lipinski definition) is 0. The van der Waals surface area contributed by atoms with Crippen LogP contribution < -0.4 is 9.52 Å². The molecule has 0 bridgehead atoms. The summed E-state index contributed by atoms with van der Waals surface area (Å²) in [4.78, 5) is 7.86. The summed E-state index contributed by atoms with van der Waals surface area (Å²) in [5.41, 5.74) is 0. The molecular weight excluding hydrogens is 188 g/mol. The first-order chi connectivity index (χ1) is 7.27. The maximum atomic E-state index is 5.97. The minimum absolute atomic E-state index is 0.413. The lowest BCUT2D eigenvalue weighted by Crippen LogP contribution is -2.49. The molecule has 0 radical (unpaired) electrons. The molecule has 15 heavy (non-hydrogen) atoms. The Morgan fingerprint density at radius 1 is 1.27 bits per heavy atom. The Bertz CT molecular complexity index is 300. The molecule has 0 spiro atoms.